The molecule has 0 spiro atoms. The molecule has 0 radical (unpaired) electrons. The fourth-order valence-electron chi connectivity index (χ4n) is 2.83. The molecule has 1 aromatic carbocycles. The number of carbonyl (C=O) groups is 1. The van der Waals surface area contributed by atoms with Crippen LogP contribution in [0.25, 0.3) is 0 Å². The number of fused-ring (bicyclic) bond motifs is 1. The SMILES string of the molecule is O=C1CCc2c(OC[C@]3(O)CCNC[C@H]3O)ccc(F)c2N1. The third-order valence-electron chi connectivity index (χ3n) is 4.26. The predicted octanol–water partition coefficient (Wildman–Crippen LogP) is 0.174. The summed E-state index contributed by atoms with van der Waals surface area (Å²) in [6, 6.07) is 2.71. The zero-order valence-corrected chi connectivity index (χ0v) is 12.1. The molecular weight excluding hydrogens is 291 g/mol. The maximum atomic E-state index is 13.8. The number of ether oxygens (including phenoxy) is 1. The molecule has 1 aromatic rings. The Morgan fingerprint density at radius 2 is 2.23 bits per heavy atom. The van der Waals surface area contributed by atoms with Crippen molar-refractivity contribution in [3.05, 3.63) is 23.5 Å². The smallest absolute Gasteiger partial charge is 0.224 e. The summed E-state index contributed by atoms with van der Waals surface area (Å²) < 4.78 is 19.4. The van der Waals surface area contributed by atoms with E-state index in [0.29, 0.717) is 37.2 Å². The zero-order chi connectivity index (χ0) is 15.7. The molecule has 120 valence electrons. The van der Waals surface area contributed by atoms with Crippen molar-refractivity contribution in [3.8, 4) is 5.75 Å². The Labute approximate surface area is 127 Å². The van der Waals surface area contributed by atoms with Crippen molar-refractivity contribution >= 4 is 11.6 Å². The van der Waals surface area contributed by atoms with E-state index >= 15 is 0 Å². The molecule has 1 saturated heterocycles. The van der Waals surface area contributed by atoms with Crippen LogP contribution in [-0.4, -0.2) is 47.5 Å². The van der Waals surface area contributed by atoms with Crippen molar-refractivity contribution in [2.75, 3.05) is 25.0 Å². The van der Waals surface area contributed by atoms with Gasteiger partial charge in [-0.25, -0.2) is 4.39 Å². The van der Waals surface area contributed by atoms with Crippen molar-refractivity contribution in [2.24, 2.45) is 0 Å². The fourth-order valence-corrected chi connectivity index (χ4v) is 2.83. The summed E-state index contributed by atoms with van der Waals surface area (Å²) in [4.78, 5) is 11.4. The van der Waals surface area contributed by atoms with Crippen molar-refractivity contribution in [3.63, 3.8) is 0 Å². The predicted molar refractivity (Wildman–Crippen MR) is 77.3 cm³/mol. The van der Waals surface area contributed by atoms with Crippen molar-refractivity contribution in [1.29, 1.82) is 0 Å². The first-order valence-corrected chi connectivity index (χ1v) is 7.35. The lowest BCUT2D eigenvalue weighted by Gasteiger charge is -2.37. The number of hydrogen-bond acceptors (Lipinski definition) is 5. The van der Waals surface area contributed by atoms with E-state index < -0.39 is 17.5 Å². The van der Waals surface area contributed by atoms with Crippen LogP contribution in [0.4, 0.5) is 10.1 Å². The number of piperidine rings is 1. The molecule has 2 aliphatic rings. The van der Waals surface area contributed by atoms with E-state index in [2.05, 4.69) is 10.6 Å². The van der Waals surface area contributed by atoms with Crippen LogP contribution in [0.3, 0.4) is 0 Å². The molecule has 2 atom stereocenters. The first kappa shape index (κ1) is 15.2. The van der Waals surface area contributed by atoms with Gasteiger partial charge in [-0.15, -0.1) is 0 Å². The summed E-state index contributed by atoms with van der Waals surface area (Å²) in [5.74, 6) is -0.303. The standard InChI is InChI=1S/C15H19FN2O4/c16-10-2-3-11(9-1-4-13(20)18-14(9)10)22-8-15(21)5-6-17-7-12(15)19/h2-3,12,17,19,21H,1,4-8H2,(H,18,20)/t12-,15-/m1/s1. The lowest BCUT2D eigenvalue weighted by Crippen LogP contribution is -2.57. The molecule has 2 aliphatic heterocycles. The molecule has 4 N–H and O–H groups in total. The third kappa shape index (κ3) is 2.79. The Morgan fingerprint density at radius 3 is 3.00 bits per heavy atom. The summed E-state index contributed by atoms with van der Waals surface area (Å²) in [5, 5.41) is 25.9. The van der Waals surface area contributed by atoms with Gasteiger partial charge in [-0.3, -0.25) is 4.79 Å². The lowest BCUT2D eigenvalue weighted by atomic mass is 9.90. The van der Waals surface area contributed by atoms with Crippen LogP contribution in [-0.2, 0) is 11.2 Å². The number of anilines is 1. The van der Waals surface area contributed by atoms with E-state index in [1.54, 1.807) is 0 Å². The number of benzene rings is 1. The van der Waals surface area contributed by atoms with Crippen LogP contribution < -0.4 is 15.4 Å². The summed E-state index contributed by atoms with van der Waals surface area (Å²) in [6.07, 6.45) is 0.103. The highest BCUT2D eigenvalue weighted by Crippen LogP contribution is 2.34. The number of hydrogen-bond donors (Lipinski definition) is 4. The number of rotatable bonds is 3. The molecule has 2 heterocycles. The van der Waals surface area contributed by atoms with Gasteiger partial charge in [-0.2, -0.15) is 0 Å². The molecule has 0 aliphatic carbocycles. The summed E-state index contributed by atoms with van der Waals surface area (Å²) >= 11 is 0. The number of carbonyl (C=O) groups excluding carboxylic acids is 1. The van der Waals surface area contributed by atoms with E-state index in [-0.39, 0.29) is 24.6 Å². The highest BCUT2D eigenvalue weighted by Gasteiger charge is 2.39. The van der Waals surface area contributed by atoms with Crippen LogP contribution in [0, 0.1) is 5.82 Å². The molecule has 1 fully saturated rings. The second kappa shape index (κ2) is 5.83. The van der Waals surface area contributed by atoms with Gasteiger partial charge in [0.2, 0.25) is 5.91 Å². The number of amides is 1. The molecule has 1 amide bonds. The van der Waals surface area contributed by atoms with Crippen molar-refractivity contribution in [1.82, 2.24) is 5.32 Å². The van der Waals surface area contributed by atoms with Crippen molar-refractivity contribution in [2.45, 2.75) is 31.0 Å². The molecule has 0 bridgehead atoms. The van der Waals surface area contributed by atoms with E-state index in [1.807, 2.05) is 0 Å². The number of halogens is 1. The Kier molecular flexibility index (Phi) is 4.03. The average Bonchev–Trinajstić information content (AvgIpc) is 2.50. The van der Waals surface area contributed by atoms with Crippen LogP contribution >= 0.6 is 0 Å². The van der Waals surface area contributed by atoms with Crippen LogP contribution in [0.15, 0.2) is 12.1 Å². The van der Waals surface area contributed by atoms with E-state index in [4.69, 9.17) is 4.74 Å². The Hall–Kier alpha value is -1.70. The van der Waals surface area contributed by atoms with Gasteiger partial charge in [0.25, 0.3) is 0 Å². The molecule has 3 rings (SSSR count). The number of aliphatic hydroxyl groups excluding tert-OH is 1. The Morgan fingerprint density at radius 1 is 1.41 bits per heavy atom. The molecule has 22 heavy (non-hydrogen) atoms. The second-order valence-electron chi connectivity index (χ2n) is 5.81. The summed E-state index contributed by atoms with van der Waals surface area (Å²) in [6.45, 7) is 0.813. The van der Waals surface area contributed by atoms with Crippen LogP contribution in [0.2, 0.25) is 0 Å². The van der Waals surface area contributed by atoms with Gasteiger partial charge in [0.1, 0.15) is 23.8 Å². The van der Waals surface area contributed by atoms with E-state index in [0.717, 1.165) is 0 Å². The monoisotopic (exact) mass is 310 g/mol. The number of nitrogens with one attached hydrogen (secondary N) is 2. The minimum absolute atomic E-state index is 0.0815. The topological polar surface area (TPSA) is 90.8 Å². The summed E-state index contributed by atoms with van der Waals surface area (Å²) in [7, 11) is 0. The maximum absolute atomic E-state index is 13.8. The van der Waals surface area contributed by atoms with E-state index in [1.165, 1.54) is 12.1 Å². The average molecular weight is 310 g/mol. The molecular formula is C15H19FN2O4. The highest BCUT2D eigenvalue weighted by atomic mass is 19.1. The lowest BCUT2D eigenvalue weighted by molar-refractivity contribution is -0.116. The van der Waals surface area contributed by atoms with Crippen molar-refractivity contribution < 1.29 is 24.1 Å². The third-order valence-corrected chi connectivity index (χ3v) is 4.26. The quantitative estimate of drug-likeness (QED) is 0.639. The van der Waals surface area contributed by atoms with Gasteiger partial charge in [0.15, 0.2) is 0 Å². The fraction of sp³-hybridized carbons (Fsp3) is 0.533. The number of β-amino-alcohol motifs (C(OH)–C–C–N with tert-alkyl or cyclic N) is 1. The molecule has 0 saturated carbocycles. The highest BCUT2D eigenvalue weighted by molar-refractivity contribution is 5.94. The van der Waals surface area contributed by atoms with E-state index in [9.17, 15) is 19.4 Å². The first-order chi connectivity index (χ1) is 10.5. The van der Waals surface area contributed by atoms with Gasteiger partial charge >= 0.3 is 0 Å². The van der Waals surface area contributed by atoms with Crippen LogP contribution in [0.5, 0.6) is 5.75 Å². The minimum Gasteiger partial charge on any atom is -0.490 e. The first-order valence-electron chi connectivity index (χ1n) is 7.35. The normalized spacial score (nSPS) is 28.0. The maximum Gasteiger partial charge on any atom is 0.224 e. The largest absolute Gasteiger partial charge is 0.490 e. The molecule has 6 nitrogen and oxygen atoms in total. The van der Waals surface area contributed by atoms with Gasteiger partial charge in [-0.05, 0) is 31.5 Å². The zero-order valence-electron chi connectivity index (χ0n) is 12.1. The number of aliphatic hydroxyl groups is 2. The molecule has 7 heteroatoms. The van der Waals surface area contributed by atoms with Crippen LogP contribution in [0.1, 0.15) is 18.4 Å². The Balaban J connectivity index is 1.78. The van der Waals surface area contributed by atoms with Gasteiger partial charge in [-0.1, -0.05) is 0 Å². The molecule has 0 aromatic heterocycles. The molecule has 0 unspecified atom stereocenters. The van der Waals surface area contributed by atoms with Gasteiger partial charge in [0, 0.05) is 18.5 Å². The van der Waals surface area contributed by atoms with Gasteiger partial charge < -0.3 is 25.6 Å². The Bertz CT molecular complexity index is 595. The minimum atomic E-state index is -1.33. The summed E-state index contributed by atoms with van der Waals surface area (Å²) in [5.41, 5.74) is -0.594. The van der Waals surface area contributed by atoms with Gasteiger partial charge in [0.05, 0.1) is 11.8 Å². The second-order valence-corrected chi connectivity index (χ2v) is 5.81.